The second kappa shape index (κ2) is 17.5. The molecule has 0 N–H and O–H groups in total. The smallest absolute Gasteiger partial charge is 0.0973 e. The summed E-state index contributed by atoms with van der Waals surface area (Å²) in [6, 6.07) is 33.8. The van der Waals surface area contributed by atoms with Crippen molar-refractivity contribution >= 4 is 34.0 Å². The number of anilines is 5. The van der Waals surface area contributed by atoms with Gasteiger partial charge in [0.1, 0.15) is 0 Å². The van der Waals surface area contributed by atoms with Crippen LogP contribution in [-0.2, 0) is 32.5 Å². The highest BCUT2D eigenvalue weighted by Gasteiger charge is 2.44. The van der Waals surface area contributed by atoms with E-state index in [0.717, 1.165) is 25.0 Å². The first-order valence-corrected chi connectivity index (χ1v) is 27.4. The number of nitrogens with zero attached hydrogens (tertiary/aromatic N) is 2. The van der Waals surface area contributed by atoms with Crippen molar-refractivity contribution in [2.45, 2.75) is 217 Å². The fraction of sp³-hybridized carbons (Fsp3) is 0.500. The van der Waals surface area contributed by atoms with Crippen molar-refractivity contribution in [2.75, 3.05) is 9.80 Å². The molecule has 2 nitrogen and oxygen atoms in total. The molecule has 2 heteroatoms. The summed E-state index contributed by atoms with van der Waals surface area (Å²) in [4.78, 5) is 5.34. The molecule has 0 saturated carbocycles. The number of hydrogen-bond donors (Lipinski definition) is 0. The van der Waals surface area contributed by atoms with Gasteiger partial charge in [-0.05, 0) is 194 Å². The van der Waals surface area contributed by atoms with E-state index in [1.807, 2.05) is 0 Å². The van der Waals surface area contributed by atoms with Gasteiger partial charge in [0.15, 0.2) is 0 Å². The average molecular weight is 962 g/mol. The van der Waals surface area contributed by atoms with Crippen LogP contribution in [0.15, 0.2) is 108 Å². The van der Waals surface area contributed by atoms with Crippen LogP contribution in [0.4, 0.5) is 28.4 Å². The number of benzene rings is 5. The highest BCUT2D eigenvalue weighted by atomic mass is 15.2. The van der Waals surface area contributed by atoms with Crippen molar-refractivity contribution in [3.63, 3.8) is 0 Å². The Kier molecular flexibility index (Phi) is 13.0. The molecule has 0 saturated heterocycles. The molecule has 0 fully saturated rings. The Morgan fingerprint density at radius 2 is 0.931 bits per heavy atom. The number of hydrogen-bond acceptors (Lipinski definition) is 2. The van der Waals surface area contributed by atoms with Crippen molar-refractivity contribution in [1.29, 1.82) is 0 Å². The van der Waals surface area contributed by atoms with Crippen LogP contribution in [0.1, 0.15) is 218 Å². The summed E-state index contributed by atoms with van der Waals surface area (Å²) >= 11 is 0. The van der Waals surface area contributed by atoms with Gasteiger partial charge in [0.05, 0.1) is 17.1 Å². The van der Waals surface area contributed by atoms with Crippen LogP contribution in [0.25, 0.3) is 5.57 Å². The van der Waals surface area contributed by atoms with Crippen molar-refractivity contribution in [3.05, 3.63) is 169 Å². The standard InChI is InChI=1S/C70H92N2/c1-44-29-30-49(68(18,19)42-63(5,6)7)36-57(44)71(58-41-56-54(34-46(58)3)69(20,21)43-70(56,22)23)60-37-51(65(11,12)13)38-61(47(60)4)72(59-40-55-53(33-45(59)2)66(14,15)31-32-67(55,16)17)62-39-50(64(8,9)10)35-52(62)48-27-25-24-26-28-48/h24-30,33-38,40-41H,31-32,42-43H2,1-23H3. The van der Waals surface area contributed by atoms with E-state index in [1.54, 1.807) is 0 Å². The Balaban J connectivity index is 1.54. The molecule has 0 atom stereocenters. The number of aryl methyl sites for hydroxylation is 3. The molecule has 72 heavy (non-hydrogen) atoms. The average Bonchev–Trinajstić information content (AvgIpc) is 3.76. The molecule has 8 rings (SSSR count). The van der Waals surface area contributed by atoms with Gasteiger partial charge in [-0.3, -0.25) is 0 Å². The third-order valence-electron chi connectivity index (χ3n) is 17.1. The molecule has 382 valence electrons. The van der Waals surface area contributed by atoms with Crippen LogP contribution in [0, 0.1) is 38.5 Å². The minimum atomic E-state index is -0.176. The monoisotopic (exact) mass is 961 g/mol. The summed E-state index contributed by atoms with van der Waals surface area (Å²) < 4.78 is 0. The molecule has 0 aliphatic heterocycles. The van der Waals surface area contributed by atoms with Crippen molar-refractivity contribution in [1.82, 2.24) is 0 Å². The highest BCUT2D eigenvalue weighted by Crippen LogP contribution is 2.56. The van der Waals surface area contributed by atoms with Crippen LogP contribution in [0.3, 0.4) is 0 Å². The Morgan fingerprint density at radius 3 is 1.44 bits per heavy atom. The maximum absolute atomic E-state index is 4.18. The van der Waals surface area contributed by atoms with E-state index in [2.05, 4.69) is 266 Å². The predicted octanol–water partition coefficient (Wildman–Crippen LogP) is 20.4. The van der Waals surface area contributed by atoms with E-state index >= 15 is 0 Å². The minimum Gasteiger partial charge on any atom is -0.310 e. The third kappa shape index (κ3) is 9.77. The van der Waals surface area contributed by atoms with Gasteiger partial charge >= 0.3 is 0 Å². The summed E-state index contributed by atoms with van der Waals surface area (Å²) in [7, 11) is 0. The van der Waals surface area contributed by atoms with Crippen molar-refractivity contribution < 1.29 is 0 Å². The maximum atomic E-state index is 4.18. The number of fused-ring (bicyclic) bond motifs is 2. The zero-order valence-electron chi connectivity index (χ0n) is 49.4. The van der Waals surface area contributed by atoms with Crippen LogP contribution >= 0.6 is 0 Å². The Labute approximate surface area is 439 Å². The van der Waals surface area contributed by atoms with Crippen LogP contribution in [0.2, 0.25) is 0 Å². The lowest BCUT2D eigenvalue weighted by Crippen LogP contribution is -2.34. The Bertz CT molecular complexity index is 3050. The van der Waals surface area contributed by atoms with Crippen molar-refractivity contribution in [2.24, 2.45) is 10.8 Å². The molecule has 0 spiro atoms. The number of allylic oxidation sites excluding steroid dienone is 2. The minimum absolute atomic E-state index is 0.0224. The molecule has 0 bridgehead atoms. The fourth-order valence-electron chi connectivity index (χ4n) is 13.2. The second-order valence-electron chi connectivity index (χ2n) is 29.3. The lowest BCUT2D eigenvalue weighted by molar-refractivity contribution is 0.284. The Hall–Kier alpha value is -5.04. The van der Waals surface area contributed by atoms with E-state index in [1.165, 1.54) is 107 Å². The first-order valence-electron chi connectivity index (χ1n) is 27.4. The molecule has 0 radical (unpaired) electrons. The molecular formula is C70H92N2. The van der Waals surface area contributed by atoms with Gasteiger partial charge in [0.25, 0.3) is 0 Å². The highest BCUT2D eigenvalue weighted by molar-refractivity contribution is 5.95. The fourth-order valence-corrected chi connectivity index (χ4v) is 13.2. The topological polar surface area (TPSA) is 6.48 Å². The summed E-state index contributed by atoms with van der Waals surface area (Å²) in [5.74, 6) is 0. The molecule has 5 aromatic rings. The molecule has 5 aromatic carbocycles. The summed E-state index contributed by atoms with van der Waals surface area (Å²) in [6.07, 6.45) is 6.95. The zero-order chi connectivity index (χ0) is 53.3. The van der Waals surface area contributed by atoms with E-state index in [4.69, 9.17) is 0 Å². The molecule has 0 amide bonds. The SMILES string of the molecule is Cc1cc2c(cc1N(C1=C=C(C(C)(C)C)C=C1c1ccccc1)c1cc(C(C)(C)C)cc(N(c3cc(C(C)(C)CC(C)(C)C)ccc3C)c3cc4c(cc3C)C(C)(C)CC4(C)C)c1C)C(C)(C)CCC2(C)C. The maximum Gasteiger partial charge on any atom is 0.0973 e. The first kappa shape index (κ1) is 53.3. The predicted molar refractivity (Wildman–Crippen MR) is 315 cm³/mol. The molecule has 0 aromatic heterocycles. The lowest BCUT2D eigenvalue weighted by atomic mass is 9.63. The second-order valence-corrected chi connectivity index (χ2v) is 29.3. The first-order chi connectivity index (χ1) is 32.9. The molecule has 0 heterocycles. The van der Waals surface area contributed by atoms with Crippen molar-refractivity contribution in [3.8, 4) is 0 Å². The third-order valence-corrected chi connectivity index (χ3v) is 17.1. The van der Waals surface area contributed by atoms with E-state index < -0.39 is 0 Å². The van der Waals surface area contributed by atoms with Crippen LogP contribution in [-0.4, -0.2) is 0 Å². The summed E-state index contributed by atoms with van der Waals surface area (Å²) in [6.45, 7) is 55.3. The molecular weight excluding hydrogens is 869 g/mol. The van der Waals surface area contributed by atoms with E-state index in [-0.39, 0.29) is 43.3 Å². The van der Waals surface area contributed by atoms with E-state index in [0.29, 0.717) is 0 Å². The van der Waals surface area contributed by atoms with E-state index in [9.17, 15) is 0 Å². The Morgan fingerprint density at radius 1 is 0.472 bits per heavy atom. The normalized spacial score (nSPS) is 18.0. The summed E-state index contributed by atoms with van der Waals surface area (Å²) in [5, 5.41) is 0. The lowest BCUT2D eigenvalue weighted by Gasteiger charge is -2.43. The van der Waals surface area contributed by atoms with Gasteiger partial charge in [-0.1, -0.05) is 192 Å². The summed E-state index contributed by atoms with van der Waals surface area (Å²) in [5.41, 5.74) is 28.8. The van der Waals surface area contributed by atoms with Gasteiger partial charge in [0, 0.05) is 28.2 Å². The molecule has 3 aliphatic rings. The molecule has 0 unspecified atom stereocenters. The van der Waals surface area contributed by atoms with Crippen LogP contribution in [0.5, 0.6) is 0 Å². The van der Waals surface area contributed by atoms with Gasteiger partial charge in [-0.15, -0.1) is 0 Å². The zero-order valence-corrected chi connectivity index (χ0v) is 49.4. The number of rotatable bonds is 9. The largest absolute Gasteiger partial charge is 0.310 e. The van der Waals surface area contributed by atoms with Gasteiger partial charge in [-0.2, -0.15) is 0 Å². The van der Waals surface area contributed by atoms with Gasteiger partial charge in [0.2, 0.25) is 0 Å². The van der Waals surface area contributed by atoms with Gasteiger partial charge in [-0.25, -0.2) is 0 Å². The van der Waals surface area contributed by atoms with Crippen LogP contribution < -0.4 is 9.80 Å². The quantitative estimate of drug-likeness (QED) is 0.136. The van der Waals surface area contributed by atoms with Gasteiger partial charge < -0.3 is 9.80 Å². The molecule has 3 aliphatic carbocycles.